The molecule has 0 saturated heterocycles. The van der Waals surface area contributed by atoms with Crippen molar-refractivity contribution >= 4 is 53.2 Å². The van der Waals surface area contributed by atoms with Gasteiger partial charge in [-0.05, 0) is 38.5 Å². The van der Waals surface area contributed by atoms with Crippen LogP contribution in [0, 0.1) is 6.92 Å². The van der Waals surface area contributed by atoms with Crippen LogP contribution in [-0.4, -0.2) is 50.8 Å². The van der Waals surface area contributed by atoms with Crippen LogP contribution in [0.25, 0.3) is 0 Å². The first kappa shape index (κ1) is 27.6. The van der Waals surface area contributed by atoms with Crippen molar-refractivity contribution in [2.45, 2.75) is 33.4 Å². The highest BCUT2D eigenvalue weighted by atomic mass is 127. The lowest BCUT2D eigenvalue weighted by atomic mass is 10.1. The van der Waals surface area contributed by atoms with Gasteiger partial charge in [0, 0.05) is 13.6 Å². The molecule has 1 aromatic carbocycles. The Morgan fingerprint density at radius 2 is 1.97 bits per heavy atom. The summed E-state index contributed by atoms with van der Waals surface area (Å²) in [5, 5.41) is 7.24. The average Bonchev–Trinajstić information content (AvgIpc) is 3.17. The number of rotatable bonds is 8. The third kappa shape index (κ3) is 7.05. The molecule has 0 bridgehead atoms. The number of carbonyl (C=O) groups excluding carboxylic acids is 2. The smallest absolute Gasteiger partial charge is 0.350 e. The Bertz CT molecular complexity index is 964. The van der Waals surface area contributed by atoms with Gasteiger partial charge in [-0.3, -0.25) is 4.99 Å². The molecule has 0 amide bonds. The molecule has 1 aromatic heterocycles. The normalized spacial score (nSPS) is 11.8. The van der Waals surface area contributed by atoms with E-state index in [9.17, 15) is 9.59 Å². The number of ether oxygens (including phenoxy) is 3. The van der Waals surface area contributed by atoms with E-state index in [1.165, 1.54) is 25.6 Å². The van der Waals surface area contributed by atoms with Gasteiger partial charge in [-0.1, -0.05) is 6.07 Å². The number of hydrogen-bond donors (Lipinski definition) is 2. The lowest BCUT2D eigenvalue weighted by Gasteiger charge is -2.17. The van der Waals surface area contributed by atoms with Gasteiger partial charge in [-0.25, -0.2) is 14.6 Å². The van der Waals surface area contributed by atoms with Crippen molar-refractivity contribution in [1.29, 1.82) is 0 Å². The summed E-state index contributed by atoms with van der Waals surface area (Å²) in [4.78, 5) is 33.1. The number of esters is 2. The van der Waals surface area contributed by atoms with Gasteiger partial charge in [0.25, 0.3) is 0 Å². The van der Waals surface area contributed by atoms with E-state index in [2.05, 4.69) is 20.6 Å². The Kier molecular flexibility index (Phi) is 11.4. The Morgan fingerprint density at radius 1 is 1.25 bits per heavy atom. The van der Waals surface area contributed by atoms with E-state index >= 15 is 0 Å². The number of halogens is 1. The number of aliphatic imine (C=N–C) groups is 1. The summed E-state index contributed by atoms with van der Waals surface area (Å²) in [5.41, 5.74) is 1.91. The fourth-order valence-corrected chi connectivity index (χ4v) is 3.72. The van der Waals surface area contributed by atoms with Gasteiger partial charge >= 0.3 is 11.9 Å². The first-order valence-corrected chi connectivity index (χ1v) is 10.5. The second-order valence-electron chi connectivity index (χ2n) is 6.51. The van der Waals surface area contributed by atoms with Crippen LogP contribution in [0.1, 0.15) is 56.2 Å². The summed E-state index contributed by atoms with van der Waals surface area (Å²) in [6.07, 6.45) is 0. The molecule has 0 saturated carbocycles. The van der Waals surface area contributed by atoms with Gasteiger partial charge in [0.2, 0.25) is 0 Å². The van der Waals surface area contributed by atoms with Gasteiger partial charge in [-0.15, -0.1) is 35.3 Å². The summed E-state index contributed by atoms with van der Waals surface area (Å²) >= 11 is 1.30. The quantitative estimate of drug-likeness (QED) is 0.213. The van der Waals surface area contributed by atoms with Crippen LogP contribution in [0.2, 0.25) is 0 Å². The molecule has 11 heteroatoms. The molecule has 9 nitrogen and oxygen atoms in total. The van der Waals surface area contributed by atoms with E-state index in [0.29, 0.717) is 41.0 Å². The van der Waals surface area contributed by atoms with Crippen LogP contribution in [0.15, 0.2) is 23.2 Å². The average molecular weight is 576 g/mol. The molecular weight excluding hydrogens is 547 g/mol. The van der Waals surface area contributed by atoms with Crippen molar-refractivity contribution in [2.75, 3.05) is 27.9 Å². The predicted octanol–water partition coefficient (Wildman–Crippen LogP) is 3.47. The highest BCUT2D eigenvalue weighted by Gasteiger charge is 2.20. The number of nitrogens with zero attached hydrogens (tertiary/aromatic N) is 2. The predicted molar refractivity (Wildman–Crippen MR) is 134 cm³/mol. The fourth-order valence-electron chi connectivity index (χ4n) is 2.76. The number of benzene rings is 1. The first-order chi connectivity index (χ1) is 14.8. The van der Waals surface area contributed by atoms with E-state index < -0.39 is 5.97 Å². The first-order valence-electron chi connectivity index (χ1n) is 9.71. The third-order valence-corrected chi connectivity index (χ3v) is 5.67. The van der Waals surface area contributed by atoms with Crippen molar-refractivity contribution < 1.29 is 23.8 Å². The number of carbonyl (C=O) groups is 2. The summed E-state index contributed by atoms with van der Waals surface area (Å²) in [7, 11) is 4.50. The number of hydrogen-bond acceptors (Lipinski definition) is 8. The minimum atomic E-state index is -0.455. The number of aromatic nitrogens is 1. The maximum absolute atomic E-state index is 12.0. The minimum Gasteiger partial charge on any atom is -0.496 e. The number of guanidine groups is 1. The van der Waals surface area contributed by atoms with Crippen molar-refractivity contribution in [3.8, 4) is 5.75 Å². The van der Waals surface area contributed by atoms with Crippen molar-refractivity contribution in [1.82, 2.24) is 15.6 Å². The van der Waals surface area contributed by atoms with Crippen molar-refractivity contribution in [3.05, 3.63) is 44.9 Å². The molecule has 1 heterocycles. The van der Waals surface area contributed by atoms with Crippen LogP contribution < -0.4 is 15.4 Å². The second kappa shape index (κ2) is 13.2. The molecule has 2 aromatic rings. The second-order valence-corrected chi connectivity index (χ2v) is 7.54. The molecule has 32 heavy (non-hydrogen) atoms. The molecule has 0 aliphatic rings. The van der Waals surface area contributed by atoms with E-state index in [-0.39, 0.29) is 36.0 Å². The highest BCUT2D eigenvalue weighted by molar-refractivity contribution is 14.0. The topological polar surface area (TPSA) is 111 Å². The zero-order valence-electron chi connectivity index (χ0n) is 19.0. The van der Waals surface area contributed by atoms with Gasteiger partial charge in [0.1, 0.15) is 21.2 Å². The molecule has 2 N–H and O–H groups in total. The van der Waals surface area contributed by atoms with Crippen molar-refractivity contribution in [2.24, 2.45) is 4.99 Å². The summed E-state index contributed by atoms with van der Waals surface area (Å²) in [5.74, 6) is 0.188. The maximum atomic E-state index is 12.0. The Hall–Kier alpha value is -2.41. The van der Waals surface area contributed by atoms with E-state index in [1.807, 2.05) is 13.0 Å². The maximum Gasteiger partial charge on any atom is 0.350 e. The molecule has 2 rings (SSSR count). The molecule has 0 aliphatic heterocycles. The van der Waals surface area contributed by atoms with Crippen LogP contribution in [0.4, 0.5) is 0 Å². The van der Waals surface area contributed by atoms with Gasteiger partial charge in [-0.2, -0.15) is 0 Å². The molecular formula is C21H29IN4O5S. The Balaban J connectivity index is 0.00000512. The molecule has 0 radical (unpaired) electrons. The van der Waals surface area contributed by atoms with Crippen LogP contribution in [0.3, 0.4) is 0 Å². The van der Waals surface area contributed by atoms with Crippen molar-refractivity contribution in [3.63, 3.8) is 0 Å². The van der Waals surface area contributed by atoms with Gasteiger partial charge in [0.15, 0.2) is 5.96 Å². The Morgan fingerprint density at radius 3 is 2.56 bits per heavy atom. The summed E-state index contributed by atoms with van der Waals surface area (Å²) in [6.45, 7) is 6.27. The van der Waals surface area contributed by atoms with E-state index in [4.69, 9.17) is 14.2 Å². The molecule has 0 spiro atoms. The van der Waals surface area contributed by atoms with Gasteiger partial charge in [0.05, 0.1) is 32.6 Å². The van der Waals surface area contributed by atoms with E-state index in [1.54, 1.807) is 33.0 Å². The molecule has 176 valence electrons. The lowest BCUT2D eigenvalue weighted by molar-refractivity contribution is 0.0529. The zero-order valence-corrected chi connectivity index (χ0v) is 22.1. The molecule has 1 atom stereocenters. The Labute approximate surface area is 209 Å². The van der Waals surface area contributed by atoms with Crippen LogP contribution >= 0.6 is 35.3 Å². The lowest BCUT2D eigenvalue weighted by Crippen LogP contribution is -2.38. The molecule has 0 fully saturated rings. The molecule has 1 unspecified atom stereocenters. The largest absolute Gasteiger partial charge is 0.496 e. The fraction of sp³-hybridized carbons (Fsp3) is 0.429. The zero-order chi connectivity index (χ0) is 23.0. The summed E-state index contributed by atoms with van der Waals surface area (Å²) in [6, 6.07) is 5.07. The number of thiazole rings is 1. The summed E-state index contributed by atoms with van der Waals surface area (Å²) < 4.78 is 15.1. The monoisotopic (exact) mass is 576 g/mol. The standard InChI is InChI=1S/C21H28N4O5S.HI/c1-7-30-20(27)17-12(2)24-18(31-17)13(3)25-21(22-4)23-11-14-8-9-15(19(26)29-6)16(10-14)28-5;/h8-10,13H,7,11H2,1-6H3,(H2,22,23,25);1H. The number of nitrogens with one attached hydrogen (secondary N) is 2. The number of aryl methyl sites for hydroxylation is 1. The van der Waals surface area contributed by atoms with E-state index in [0.717, 1.165) is 10.6 Å². The SMILES string of the molecule is CCOC(=O)c1sc(C(C)NC(=NC)NCc2ccc(C(=O)OC)c(OC)c2)nc1C.I. The molecule has 0 aliphatic carbocycles. The highest BCUT2D eigenvalue weighted by Crippen LogP contribution is 2.24. The third-order valence-electron chi connectivity index (χ3n) is 4.35. The van der Waals surface area contributed by atoms with Crippen LogP contribution in [-0.2, 0) is 16.0 Å². The minimum absolute atomic E-state index is 0. The van der Waals surface area contributed by atoms with Gasteiger partial charge < -0.3 is 24.8 Å². The van der Waals surface area contributed by atoms with Crippen LogP contribution in [0.5, 0.6) is 5.75 Å². The number of methoxy groups -OCH3 is 2.